The molecule has 2 aromatic heterocycles. The molecule has 0 aliphatic carbocycles. The zero-order chi connectivity index (χ0) is 21.6. The number of piperazine rings is 1. The van der Waals surface area contributed by atoms with Gasteiger partial charge < -0.3 is 25.3 Å². The van der Waals surface area contributed by atoms with Crippen molar-refractivity contribution in [3.8, 4) is 0 Å². The standard InChI is InChI=1S/C22H31FN8.HI/c1-24-22(28-18-6-9-31(16-18)21-19(23)4-3-7-26-21)27-15-17-5-8-25-20(14-17)30-12-10-29(2)11-13-30;/h3-5,7-8,14,18H,6,9-13,15-16H2,1-2H3,(H2,24,27,28);1H. The number of nitrogens with zero attached hydrogens (tertiary/aromatic N) is 6. The largest absolute Gasteiger partial charge is 0.354 e. The average molecular weight is 554 g/mol. The molecule has 2 aliphatic heterocycles. The first-order valence-corrected chi connectivity index (χ1v) is 10.8. The van der Waals surface area contributed by atoms with Crippen LogP contribution in [-0.4, -0.2) is 80.2 Å². The molecule has 1 unspecified atom stereocenters. The number of rotatable bonds is 5. The molecule has 4 heterocycles. The normalized spacial score (nSPS) is 19.6. The number of anilines is 2. The number of likely N-dealkylation sites (N-methyl/N-ethyl adjacent to an activating group) is 1. The van der Waals surface area contributed by atoms with Gasteiger partial charge in [-0.3, -0.25) is 4.99 Å². The van der Waals surface area contributed by atoms with Crippen LogP contribution in [0.2, 0.25) is 0 Å². The molecule has 2 fully saturated rings. The Labute approximate surface area is 206 Å². The second-order valence-electron chi connectivity index (χ2n) is 8.12. The van der Waals surface area contributed by atoms with E-state index in [4.69, 9.17) is 0 Å². The molecule has 0 spiro atoms. The molecule has 174 valence electrons. The van der Waals surface area contributed by atoms with Gasteiger partial charge >= 0.3 is 0 Å². The molecule has 32 heavy (non-hydrogen) atoms. The molecule has 4 rings (SSSR count). The van der Waals surface area contributed by atoms with Crippen LogP contribution in [-0.2, 0) is 6.54 Å². The van der Waals surface area contributed by atoms with Crippen LogP contribution in [0.4, 0.5) is 16.0 Å². The molecular weight excluding hydrogens is 522 g/mol. The topological polar surface area (TPSA) is 71.9 Å². The monoisotopic (exact) mass is 554 g/mol. The van der Waals surface area contributed by atoms with Crippen LogP contribution >= 0.6 is 24.0 Å². The van der Waals surface area contributed by atoms with Crippen LogP contribution in [0.25, 0.3) is 0 Å². The summed E-state index contributed by atoms with van der Waals surface area (Å²) in [7, 11) is 3.92. The van der Waals surface area contributed by atoms with Gasteiger partial charge in [0.2, 0.25) is 0 Å². The van der Waals surface area contributed by atoms with E-state index in [0.29, 0.717) is 18.9 Å². The molecule has 1 atom stereocenters. The Bertz CT molecular complexity index is 903. The summed E-state index contributed by atoms with van der Waals surface area (Å²) in [4.78, 5) is 19.7. The highest BCUT2D eigenvalue weighted by atomic mass is 127. The smallest absolute Gasteiger partial charge is 0.191 e. The van der Waals surface area contributed by atoms with Gasteiger partial charge in [0.25, 0.3) is 0 Å². The van der Waals surface area contributed by atoms with E-state index in [9.17, 15) is 4.39 Å². The van der Waals surface area contributed by atoms with Crippen molar-refractivity contribution in [1.82, 2.24) is 25.5 Å². The van der Waals surface area contributed by atoms with Gasteiger partial charge in [0.15, 0.2) is 17.6 Å². The molecule has 8 nitrogen and oxygen atoms in total. The van der Waals surface area contributed by atoms with Crippen molar-refractivity contribution >= 4 is 41.6 Å². The number of aromatic nitrogens is 2. The van der Waals surface area contributed by atoms with Crippen LogP contribution < -0.4 is 20.4 Å². The lowest BCUT2D eigenvalue weighted by Crippen LogP contribution is -2.45. The van der Waals surface area contributed by atoms with Crippen molar-refractivity contribution in [3.05, 3.63) is 48.0 Å². The van der Waals surface area contributed by atoms with Gasteiger partial charge in [-0.25, -0.2) is 14.4 Å². The summed E-state index contributed by atoms with van der Waals surface area (Å²) in [5.74, 6) is 1.91. The van der Waals surface area contributed by atoms with Gasteiger partial charge in [0.05, 0.1) is 0 Å². The number of halogens is 2. The first-order chi connectivity index (χ1) is 15.1. The van der Waals surface area contributed by atoms with Crippen molar-refractivity contribution < 1.29 is 4.39 Å². The summed E-state index contributed by atoms with van der Waals surface area (Å²) in [5, 5.41) is 6.85. The molecular formula is C22H32FIN8. The predicted molar refractivity (Wildman–Crippen MR) is 138 cm³/mol. The minimum Gasteiger partial charge on any atom is -0.354 e. The zero-order valence-corrected chi connectivity index (χ0v) is 21.0. The highest BCUT2D eigenvalue weighted by molar-refractivity contribution is 14.0. The van der Waals surface area contributed by atoms with Crippen LogP contribution in [0.15, 0.2) is 41.7 Å². The van der Waals surface area contributed by atoms with Crippen molar-refractivity contribution in [2.45, 2.75) is 19.0 Å². The summed E-state index contributed by atoms with van der Waals surface area (Å²) < 4.78 is 14.0. The maximum Gasteiger partial charge on any atom is 0.191 e. The van der Waals surface area contributed by atoms with Gasteiger partial charge in [0, 0.05) is 71.3 Å². The molecule has 0 saturated carbocycles. The second kappa shape index (κ2) is 11.6. The number of hydrogen-bond donors (Lipinski definition) is 2. The molecule has 2 saturated heterocycles. The number of aliphatic imine (C=N–C) groups is 1. The van der Waals surface area contributed by atoms with Gasteiger partial charge in [-0.2, -0.15) is 0 Å². The third-order valence-electron chi connectivity index (χ3n) is 5.89. The van der Waals surface area contributed by atoms with Gasteiger partial charge in [-0.15, -0.1) is 24.0 Å². The van der Waals surface area contributed by atoms with Crippen molar-refractivity contribution in [3.63, 3.8) is 0 Å². The lowest BCUT2D eigenvalue weighted by atomic mass is 10.2. The predicted octanol–water partition coefficient (Wildman–Crippen LogP) is 1.93. The van der Waals surface area contributed by atoms with E-state index in [1.54, 1.807) is 19.3 Å². The van der Waals surface area contributed by atoms with Gasteiger partial charge in [-0.1, -0.05) is 0 Å². The van der Waals surface area contributed by atoms with Crippen molar-refractivity contribution in [2.75, 3.05) is 63.2 Å². The molecule has 0 amide bonds. The molecule has 10 heteroatoms. The maximum absolute atomic E-state index is 14.0. The lowest BCUT2D eigenvalue weighted by molar-refractivity contribution is 0.312. The average Bonchev–Trinajstić information content (AvgIpc) is 3.26. The van der Waals surface area contributed by atoms with Crippen LogP contribution in [0.1, 0.15) is 12.0 Å². The fraction of sp³-hybridized carbons (Fsp3) is 0.500. The number of pyridine rings is 2. The fourth-order valence-corrected chi connectivity index (χ4v) is 4.03. The first kappa shape index (κ1) is 24.4. The van der Waals surface area contributed by atoms with Crippen molar-refractivity contribution in [1.29, 1.82) is 0 Å². The van der Waals surface area contributed by atoms with Crippen LogP contribution in [0, 0.1) is 5.82 Å². The summed E-state index contributed by atoms with van der Waals surface area (Å²) in [6.45, 7) is 6.23. The lowest BCUT2D eigenvalue weighted by Gasteiger charge is -2.33. The number of hydrogen-bond acceptors (Lipinski definition) is 6. The summed E-state index contributed by atoms with van der Waals surface area (Å²) in [5.41, 5.74) is 1.16. The van der Waals surface area contributed by atoms with E-state index < -0.39 is 0 Å². The Morgan fingerprint density at radius 1 is 1.12 bits per heavy atom. The minimum atomic E-state index is -0.278. The molecule has 0 aromatic carbocycles. The highest BCUT2D eigenvalue weighted by Gasteiger charge is 2.26. The third-order valence-corrected chi connectivity index (χ3v) is 5.89. The maximum atomic E-state index is 14.0. The first-order valence-electron chi connectivity index (χ1n) is 10.8. The number of nitrogens with one attached hydrogen (secondary N) is 2. The molecule has 0 radical (unpaired) electrons. The Balaban J connectivity index is 0.00000289. The highest BCUT2D eigenvalue weighted by Crippen LogP contribution is 2.20. The van der Waals surface area contributed by atoms with E-state index in [1.807, 2.05) is 17.2 Å². The molecule has 2 N–H and O–H groups in total. The van der Waals surface area contributed by atoms with Gasteiger partial charge in [-0.05, 0) is 43.3 Å². The SMILES string of the molecule is CN=C(NCc1ccnc(N2CCN(C)CC2)c1)NC1CCN(c2ncccc2F)C1.I. The van der Waals surface area contributed by atoms with Gasteiger partial charge in [0.1, 0.15) is 5.82 Å². The summed E-state index contributed by atoms with van der Waals surface area (Å²) >= 11 is 0. The second-order valence-corrected chi connectivity index (χ2v) is 8.12. The van der Waals surface area contributed by atoms with E-state index in [2.05, 4.69) is 48.5 Å². The van der Waals surface area contributed by atoms with E-state index >= 15 is 0 Å². The molecule has 2 aliphatic rings. The Morgan fingerprint density at radius 3 is 2.69 bits per heavy atom. The van der Waals surface area contributed by atoms with E-state index in [0.717, 1.165) is 56.5 Å². The Morgan fingerprint density at radius 2 is 1.94 bits per heavy atom. The fourth-order valence-electron chi connectivity index (χ4n) is 4.03. The van der Waals surface area contributed by atoms with Crippen molar-refractivity contribution in [2.24, 2.45) is 4.99 Å². The molecule has 2 aromatic rings. The zero-order valence-electron chi connectivity index (χ0n) is 18.7. The van der Waals surface area contributed by atoms with Crippen LogP contribution in [0.5, 0.6) is 0 Å². The summed E-state index contributed by atoms with van der Waals surface area (Å²) in [6, 6.07) is 7.43. The minimum absolute atomic E-state index is 0. The third kappa shape index (κ3) is 6.18. The molecule has 0 bridgehead atoms. The van der Waals surface area contributed by atoms with E-state index in [1.165, 1.54) is 6.07 Å². The Kier molecular flexibility index (Phi) is 8.85. The number of guanidine groups is 1. The quantitative estimate of drug-likeness (QED) is 0.333. The van der Waals surface area contributed by atoms with E-state index in [-0.39, 0.29) is 35.8 Å². The summed E-state index contributed by atoms with van der Waals surface area (Å²) in [6.07, 6.45) is 4.40. The Hall–Kier alpha value is -2.21. The van der Waals surface area contributed by atoms with Crippen LogP contribution in [0.3, 0.4) is 0 Å².